The molecule has 0 aliphatic carbocycles. The molecule has 0 atom stereocenters. The lowest BCUT2D eigenvalue weighted by Gasteiger charge is -2.07. The first-order valence-corrected chi connectivity index (χ1v) is 10.1. The highest BCUT2D eigenvalue weighted by atomic mass is 35.5. The quantitative estimate of drug-likeness (QED) is 0.346. The van der Waals surface area contributed by atoms with Crippen molar-refractivity contribution in [3.8, 4) is 5.75 Å². The number of para-hydroxylation sites is 1. The van der Waals surface area contributed by atoms with Gasteiger partial charge in [-0.05, 0) is 53.6 Å². The van der Waals surface area contributed by atoms with E-state index in [-0.39, 0.29) is 0 Å². The normalized spacial score (nSPS) is 10.6. The molecule has 0 heterocycles. The Bertz CT molecular complexity index is 1060. The molecule has 1 N–H and O–H groups in total. The van der Waals surface area contributed by atoms with Gasteiger partial charge in [-0.25, -0.2) is 4.79 Å². The van der Waals surface area contributed by atoms with Crippen molar-refractivity contribution >= 4 is 46.8 Å². The van der Waals surface area contributed by atoms with Crippen LogP contribution in [0.4, 0.5) is 5.69 Å². The average Bonchev–Trinajstić information content (AvgIpc) is 2.78. The van der Waals surface area contributed by atoms with E-state index in [1.807, 2.05) is 36.4 Å². The Morgan fingerprint density at radius 2 is 1.61 bits per heavy atom. The summed E-state index contributed by atoms with van der Waals surface area (Å²) in [6.07, 6.45) is 2.85. The van der Waals surface area contributed by atoms with Gasteiger partial charge in [0.2, 0.25) is 0 Å². The van der Waals surface area contributed by atoms with Crippen LogP contribution in [0.15, 0.2) is 78.9 Å². The first-order valence-electron chi connectivity index (χ1n) is 9.36. The number of ether oxygens (including phenoxy) is 2. The van der Waals surface area contributed by atoms with E-state index in [1.54, 1.807) is 42.5 Å². The summed E-state index contributed by atoms with van der Waals surface area (Å²) in [7, 11) is 0. The molecule has 0 saturated heterocycles. The van der Waals surface area contributed by atoms with Crippen molar-refractivity contribution in [3.63, 3.8) is 0 Å². The molecule has 0 aliphatic rings. The largest absolute Gasteiger partial charge is 0.489 e. The van der Waals surface area contributed by atoms with Crippen LogP contribution in [-0.4, -0.2) is 18.5 Å². The number of carbonyl (C=O) groups excluding carboxylic acids is 2. The summed E-state index contributed by atoms with van der Waals surface area (Å²) in [6, 6.07) is 21.5. The lowest BCUT2D eigenvalue weighted by molar-refractivity contribution is -0.142. The summed E-state index contributed by atoms with van der Waals surface area (Å²) >= 11 is 11.8. The molecule has 3 aromatic carbocycles. The minimum absolute atomic E-state index is 0.405. The Labute approximate surface area is 190 Å². The van der Waals surface area contributed by atoms with E-state index >= 15 is 0 Å². The number of rotatable bonds is 8. The third-order valence-corrected chi connectivity index (χ3v) is 4.69. The summed E-state index contributed by atoms with van der Waals surface area (Å²) in [5, 5.41) is 3.66. The first kappa shape index (κ1) is 22.4. The minimum atomic E-state index is -0.627. The van der Waals surface area contributed by atoms with Gasteiger partial charge in [-0.3, -0.25) is 4.79 Å². The Hall–Kier alpha value is -3.28. The van der Waals surface area contributed by atoms with Crippen LogP contribution in [0.2, 0.25) is 10.0 Å². The van der Waals surface area contributed by atoms with E-state index in [4.69, 9.17) is 32.7 Å². The molecule has 0 aliphatic heterocycles. The molecule has 1 amide bonds. The molecule has 0 saturated carbocycles. The number of nitrogens with one attached hydrogen (secondary N) is 1. The fraction of sp³-hybridized carbons (Fsp3) is 0.0833. The van der Waals surface area contributed by atoms with Gasteiger partial charge in [0.15, 0.2) is 6.61 Å². The van der Waals surface area contributed by atoms with Crippen LogP contribution < -0.4 is 10.1 Å². The third-order valence-electron chi connectivity index (χ3n) is 4.10. The van der Waals surface area contributed by atoms with Crippen molar-refractivity contribution in [1.82, 2.24) is 0 Å². The zero-order chi connectivity index (χ0) is 22.1. The smallest absolute Gasteiger partial charge is 0.331 e. The van der Waals surface area contributed by atoms with E-state index in [0.29, 0.717) is 28.1 Å². The van der Waals surface area contributed by atoms with Crippen LogP contribution in [0.5, 0.6) is 5.75 Å². The van der Waals surface area contributed by atoms with Crippen LogP contribution in [0, 0.1) is 0 Å². The summed E-state index contributed by atoms with van der Waals surface area (Å²) in [6.45, 7) is 0.0147. The number of amides is 1. The molecule has 5 nitrogen and oxygen atoms in total. The van der Waals surface area contributed by atoms with Gasteiger partial charge >= 0.3 is 5.97 Å². The summed E-state index contributed by atoms with van der Waals surface area (Å²) in [5.41, 5.74) is 2.25. The maximum atomic E-state index is 11.9. The number of hydrogen-bond donors (Lipinski definition) is 1. The molecule has 0 spiro atoms. The van der Waals surface area contributed by atoms with Gasteiger partial charge in [0, 0.05) is 11.1 Å². The van der Waals surface area contributed by atoms with Crippen molar-refractivity contribution in [1.29, 1.82) is 0 Å². The Morgan fingerprint density at radius 1 is 0.903 bits per heavy atom. The predicted molar refractivity (Wildman–Crippen MR) is 122 cm³/mol. The highest BCUT2D eigenvalue weighted by molar-refractivity contribution is 6.33. The molecule has 3 aromatic rings. The zero-order valence-electron chi connectivity index (χ0n) is 16.4. The average molecular weight is 456 g/mol. The van der Waals surface area contributed by atoms with Gasteiger partial charge in [0.25, 0.3) is 5.91 Å². The molecule has 31 heavy (non-hydrogen) atoms. The lowest BCUT2D eigenvalue weighted by Crippen LogP contribution is -2.20. The molecule has 0 fully saturated rings. The molecule has 0 radical (unpaired) electrons. The zero-order valence-corrected chi connectivity index (χ0v) is 17.9. The van der Waals surface area contributed by atoms with E-state index < -0.39 is 18.5 Å². The predicted octanol–water partition coefficient (Wildman–Crippen LogP) is 5.77. The molecule has 158 valence electrons. The molecular weight excluding hydrogens is 437 g/mol. The van der Waals surface area contributed by atoms with E-state index in [9.17, 15) is 9.59 Å². The summed E-state index contributed by atoms with van der Waals surface area (Å²) in [5.74, 6) is -0.402. The SMILES string of the molecule is O=C(COC(=O)/C=C/c1ccc(OCc2ccc(Cl)cc2)cc1)Nc1ccccc1Cl. The molecule has 0 aromatic heterocycles. The Balaban J connectivity index is 1.43. The molecule has 0 unspecified atom stereocenters. The second kappa shape index (κ2) is 11.2. The van der Waals surface area contributed by atoms with Gasteiger partial charge in [-0.2, -0.15) is 0 Å². The highest BCUT2D eigenvalue weighted by Crippen LogP contribution is 2.20. The van der Waals surface area contributed by atoms with Crippen LogP contribution in [0.3, 0.4) is 0 Å². The lowest BCUT2D eigenvalue weighted by atomic mass is 10.2. The Kier molecular flexibility index (Phi) is 8.10. The fourth-order valence-corrected chi connectivity index (χ4v) is 2.83. The summed E-state index contributed by atoms with van der Waals surface area (Å²) < 4.78 is 10.7. The van der Waals surface area contributed by atoms with Crippen LogP contribution >= 0.6 is 23.2 Å². The standard InChI is InChI=1S/C24H19Cl2NO4/c25-19-10-5-18(6-11-19)15-30-20-12-7-17(8-13-20)9-14-24(29)31-16-23(28)27-22-4-2-1-3-21(22)26/h1-14H,15-16H2,(H,27,28)/b14-9+. The van der Waals surface area contributed by atoms with Crippen molar-refractivity contribution in [2.24, 2.45) is 0 Å². The van der Waals surface area contributed by atoms with Crippen LogP contribution in [-0.2, 0) is 20.9 Å². The monoisotopic (exact) mass is 455 g/mol. The third kappa shape index (κ3) is 7.48. The van der Waals surface area contributed by atoms with Gasteiger partial charge in [-0.15, -0.1) is 0 Å². The molecule has 3 rings (SSSR count). The van der Waals surface area contributed by atoms with E-state index in [2.05, 4.69) is 5.32 Å². The maximum absolute atomic E-state index is 11.9. The van der Waals surface area contributed by atoms with Crippen molar-refractivity contribution in [2.75, 3.05) is 11.9 Å². The summed E-state index contributed by atoms with van der Waals surface area (Å²) in [4.78, 5) is 23.7. The first-order chi connectivity index (χ1) is 15.0. The fourth-order valence-electron chi connectivity index (χ4n) is 2.52. The number of carbonyl (C=O) groups is 2. The van der Waals surface area contributed by atoms with Crippen molar-refractivity contribution < 1.29 is 19.1 Å². The van der Waals surface area contributed by atoms with Gasteiger partial charge in [0.1, 0.15) is 12.4 Å². The van der Waals surface area contributed by atoms with Crippen molar-refractivity contribution in [3.05, 3.63) is 100 Å². The number of hydrogen-bond acceptors (Lipinski definition) is 4. The number of benzene rings is 3. The molecule has 7 heteroatoms. The number of halogens is 2. The van der Waals surface area contributed by atoms with Gasteiger partial charge in [-0.1, -0.05) is 59.6 Å². The van der Waals surface area contributed by atoms with Gasteiger partial charge < -0.3 is 14.8 Å². The molecule has 0 bridgehead atoms. The van der Waals surface area contributed by atoms with Crippen LogP contribution in [0.1, 0.15) is 11.1 Å². The number of esters is 1. The van der Waals surface area contributed by atoms with Gasteiger partial charge in [0.05, 0.1) is 10.7 Å². The second-order valence-corrected chi connectivity index (χ2v) is 7.30. The maximum Gasteiger partial charge on any atom is 0.331 e. The van der Waals surface area contributed by atoms with E-state index in [0.717, 1.165) is 11.1 Å². The van der Waals surface area contributed by atoms with Crippen molar-refractivity contribution in [2.45, 2.75) is 6.61 Å². The topological polar surface area (TPSA) is 64.6 Å². The van der Waals surface area contributed by atoms with E-state index in [1.165, 1.54) is 6.08 Å². The minimum Gasteiger partial charge on any atom is -0.489 e. The second-order valence-electron chi connectivity index (χ2n) is 6.45. The molecular formula is C24H19Cl2NO4. The number of anilines is 1. The van der Waals surface area contributed by atoms with Crippen LogP contribution in [0.25, 0.3) is 6.08 Å². The highest BCUT2D eigenvalue weighted by Gasteiger charge is 2.07. The Morgan fingerprint density at radius 3 is 2.32 bits per heavy atom.